The molecule has 0 saturated carbocycles. The molecule has 1 unspecified atom stereocenters. The monoisotopic (exact) mass is 450 g/mol. The first-order chi connectivity index (χ1) is 14.9. The zero-order valence-electron chi connectivity index (χ0n) is 18.1. The van der Waals surface area contributed by atoms with Crippen LogP contribution in [0.2, 0.25) is 0 Å². The van der Waals surface area contributed by atoms with Crippen molar-refractivity contribution in [3.8, 4) is 0 Å². The predicted molar refractivity (Wildman–Crippen MR) is 114 cm³/mol. The third-order valence-electron chi connectivity index (χ3n) is 5.55. The number of amides is 1. The Morgan fingerprint density at radius 1 is 1.28 bits per heavy atom. The van der Waals surface area contributed by atoms with E-state index in [4.69, 9.17) is 4.74 Å². The maximum atomic E-state index is 13.2. The summed E-state index contributed by atoms with van der Waals surface area (Å²) in [5.74, 6) is 0.00341. The second kappa shape index (κ2) is 7.83. The lowest BCUT2D eigenvalue weighted by Gasteiger charge is -2.34. The van der Waals surface area contributed by atoms with E-state index in [0.717, 1.165) is 23.0 Å². The van der Waals surface area contributed by atoms with Crippen LogP contribution < -0.4 is 5.56 Å². The molecular weight excluding hydrogens is 425 g/mol. The summed E-state index contributed by atoms with van der Waals surface area (Å²) in [4.78, 5) is 33.0. The molecule has 0 spiro atoms. The van der Waals surface area contributed by atoms with Crippen LogP contribution in [-0.4, -0.2) is 50.4 Å². The van der Waals surface area contributed by atoms with E-state index in [1.807, 2.05) is 20.8 Å². The van der Waals surface area contributed by atoms with Crippen LogP contribution in [0, 0.1) is 0 Å². The Hall–Kier alpha value is -3.04. The Morgan fingerprint density at radius 3 is 2.72 bits per heavy atom. The van der Waals surface area contributed by atoms with Gasteiger partial charge in [-0.05, 0) is 51.3 Å². The van der Waals surface area contributed by atoms with Crippen molar-refractivity contribution in [2.75, 3.05) is 13.1 Å². The number of aromatic nitrogens is 3. The van der Waals surface area contributed by atoms with Crippen LogP contribution in [0.15, 0.2) is 29.3 Å². The van der Waals surface area contributed by atoms with E-state index in [9.17, 15) is 22.8 Å². The molecular formula is C22H25F3N4O3. The van der Waals surface area contributed by atoms with Crippen molar-refractivity contribution in [3.05, 3.63) is 40.4 Å². The topological polar surface area (TPSA) is 80.2 Å². The van der Waals surface area contributed by atoms with E-state index in [-0.39, 0.29) is 23.0 Å². The Balaban J connectivity index is 1.72. The summed E-state index contributed by atoms with van der Waals surface area (Å²) in [6, 6.07) is 5.16. The molecule has 2 aromatic heterocycles. The highest BCUT2D eigenvalue weighted by Gasteiger charge is 2.32. The number of piperidine rings is 1. The number of alkyl halides is 3. The van der Waals surface area contributed by atoms with E-state index >= 15 is 0 Å². The van der Waals surface area contributed by atoms with E-state index in [0.29, 0.717) is 24.0 Å². The van der Waals surface area contributed by atoms with Crippen LogP contribution in [0.5, 0.6) is 0 Å². The summed E-state index contributed by atoms with van der Waals surface area (Å²) in [6.07, 6.45) is -2.05. The molecule has 7 nitrogen and oxygen atoms in total. The van der Waals surface area contributed by atoms with Crippen molar-refractivity contribution in [2.45, 2.75) is 57.9 Å². The van der Waals surface area contributed by atoms with E-state index < -0.39 is 23.9 Å². The van der Waals surface area contributed by atoms with Crippen molar-refractivity contribution in [1.29, 1.82) is 0 Å². The Kier molecular flexibility index (Phi) is 5.42. The van der Waals surface area contributed by atoms with E-state index in [2.05, 4.69) is 9.97 Å². The average molecular weight is 450 g/mol. The third-order valence-corrected chi connectivity index (χ3v) is 5.55. The van der Waals surface area contributed by atoms with Crippen LogP contribution in [0.1, 0.15) is 45.1 Å². The minimum absolute atomic E-state index is 0.00341. The molecule has 1 aromatic carbocycles. The maximum Gasteiger partial charge on any atom is 0.410 e. The molecule has 1 amide bonds. The fourth-order valence-electron chi connectivity index (χ4n) is 4.28. The van der Waals surface area contributed by atoms with Gasteiger partial charge in [0.2, 0.25) is 0 Å². The van der Waals surface area contributed by atoms with Crippen molar-refractivity contribution < 1.29 is 22.7 Å². The summed E-state index contributed by atoms with van der Waals surface area (Å²) >= 11 is 0. The van der Waals surface area contributed by atoms with Gasteiger partial charge in [0.15, 0.2) is 0 Å². The van der Waals surface area contributed by atoms with Crippen molar-refractivity contribution >= 4 is 28.0 Å². The van der Waals surface area contributed by atoms with E-state index in [1.165, 1.54) is 6.33 Å². The number of carbonyl (C=O) groups is 1. The summed E-state index contributed by atoms with van der Waals surface area (Å²) in [5.41, 5.74) is 0.0996. The molecule has 1 atom stereocenters. The lowest BCUT2D eigenvalue weighted by molar-refractivity contribution is -0.139. The molecule has 3 aromatic rings. The first-order valence-corrected chi connectivity index (χ1v) is 10.5. The summed E-state index contributed by atoms with van der Waals surface area (Å²) in [6.45, 7) is 5.20. The zero-order valence-corrected chi connectivity index (χ0v) is 18.1. The average Bonchev–Trinajstić information content (AvgIpc) is 3.00. The molecule has 1 fully saturated rings. The minimum Gasteiger partial charge on any atom is -0.444 e. The molecule has 172 valence electrons. The first kappa shape index (κ1) is 22.2. The van der Waals surface area contributed by atoms with Gasteiger partial charge in [0, 0.05) is 24.4 Å². The second-order valence-corrected chi connectivity index (χ2v) is 9.17. The molecule has 1 saturated heterocycles. The van der Waals surface area contributed by atoms with Gasteiger partial charge in [-0.25, -0.2) is 9.78 Å². The standard InChI is InChI=1S/C22H25F3N4O3/c1-21(2,3)32-20(31)28-8-4-5-14(10-28)13-6-7-16-15(9-13)17-18(19(30)27-12-26-17)29(16)11-22(23,24)25/h6-7,9,12,14H,4-5,8,10-11H2,1-3H3,(H,26,27,30). The first-order valence-electron chi connectivity index (χ1n) is 10.5. The summed E-state index contributed by atoms with van der Waals surface area (Å²) in [5, 5.41) is 0.488. The Morgan fingerprint density at radius 2 is 2.03 bits per heavy atom. The van der Waals surface area contributed by atoms with Crippen LogP contribution in [0.4, 0.5) is 18.0 Å². The van der Waals surface area contributed by atoms with Gasteiger partial charge in [0.05, 0.1) is 11.8 Å². The van der Waals surface area contributed by atoms with Gasteiger partial charge in [-0.2, -0.15) is 13.2 Å². The molecule has 1 aliphatic heterocycles. The van der Waals surface area contributed by atoms with Gasteiger partial charge < -0.3 is 19.2 Å². The van der Waals surface area contributed by atoms with Gasteiger partial charge in [0.1, 0.15) is 23.2 Å². The Labute approximate surface area is 182 Å². The van der Waals surface area contributed by atoms with Gasteiger partial charge in [-0.15, -0.1) is 0 Å². The summed E-state index contributed by atoms with van der Waals surface area (Å²) in [7, 11) is 0. The van der Waals surface area contributed by atoms with Crippen molar-refractivity contribution in [1.82, 2.24) is 19.4 Å². The number of ether oxygens (including phenoxy) is 1. The smallest absolute Gasteiger partial charge is 0.410 e. The van der Waals surface area contributed by atoms with Crippen LogP contribution in [0.3, 0.4) is 0 Å². The minimum atomic E-state index is -4.49. The normalized spacial score (nSPS) is 17.8. The highest BCUT2D eigenvalue weighted by molar-refractivity contribution is 6.05. The number of benzene rings is 1. The largest absolute Gasteiger partial charge is 0.444 e. The lowest BCUT2D eigenvalue weighted by atomic mass is 9.90. The SMILES string of the molecule is CC(C)(C)OC(=O)N1CCCC(c2ccc3c(c2)c2nc[nH]c(=O)c2n3CC(F)(F)F)C1. The third kappa shape index (κ3) is 4.44. The number of rotatable bonds is 2. The Bertz CT molecular complexity index is 1220. The fraction of sp³-hybridized carbons (Fsp3) is 0.500. The van der Waals surface area contributed by atoms with Gasteiger partial charge in [-0.1, -0.05) is 6.07 Å². The number of nitrogens with zero attached hydrogens (tertiary/aromatic N) is 3. The van der Waals surface area contributed by atoms with Crippen LogP contribution >= 0.6 is 0 Å². The van der Waals surface area contributed by atoms with Gasteiger partial charge in [0.25, 0.3) is 5.56 Å². The number of likely N-dealkylation sites (tertiary alicyclic amines) is 1. The van der Waals surface area contributed by atoms with Gasteiger partial charge >= 0.3 is 12.3 Å². The number of hydrogen-bond acceptors (Lipinski definition) is 4. The molecule has 1 aliphatic rings. The number of fused-ring (bicyclic) bond motifs is 3. The molecule has 4 rings (SSSR count). The number of nitrogens with one attached hydrogen (secondary N) is 1. The molecule has 0 bridgehead atoms. The molecule has 0 radical (unpaired) electrons. The molecule has 10 heteroatoms. The highest BCUT2D eigenvalue weighted by atomic mass is 19.4. The predicted octanol–water partition coefficient (Wildman–Crippen LogP) is 4.55. The molecule has 0 aliphatic carbocycles. The maximum absolute atomic E-state index is 13.2. The second-order valence-electron chi connectivity index (χ2n) is 9.17. The van der Waals surface area contributed by atoms with Crippen LogP contribution in [-0.2, 0) is 11.3 Å². The van der Waals surface area contributed by atoms with Crippen molar-refractivity contribution in [2.24, 2.45) is 0 Å². The number of H-pyrrole nitrogens is 1. The zero-order chi connectivity index (χ0) is 23.3. The quantitative estimate of drug-likeness (QED) is 0.621. The molecule has 3 heterocycles. The number of hydrogen-bond donors (Lipinski definition) is 1. The summed E-state index contributed by atoms with van der Waals surface area (Å²) < 4.78 is 46.1. The molecule has 1 N–H and O–H groups in total. The number of halogens is 3. The van der Waals surface area contributed by atoms with Crippen molar-refractivity contribution in [3.63, 3.8) is 0 Å². The lowest BCUT2D eigenvalue weighted by Crippen LogP contribution is -2.42. The van der Waals surface area contributed by atoms with Crippen LogP contribution in [0.25, 0.3) is 21.9 Å². The molecule has 32 heavy (non-hydrogen) atoms. The number of carbonyl (C=O) groups excluding carboxylic acids is 1. The number of aromatic amines is 1. The van der Waals surface area contributed by atoms with Gasteiger partial charge in [-0.3, -0.25) is 4.79 Å². The highest BCUT2D eigenvalue weighted by Crippen LogP contribution is 2.34. The fourth-order valence-corrected chi connectivity index (χ4v) is 4.28. The van der Waals surface area contributed by atoms with E-state index in [1.54, 1.807) is 23.1 Å².